The lowest BCUT2D eigenvalue weighted by Crippen LogP contribution is -2.11. The van der Waals surface area contributed by atoms with Crippen LogP contribution in [0, 0.1) is 0 Å². The van der Waals surface area contributed by atoms with E-state index in [2.05, 4.69) is 85.8 Å². The third-order valence-corrected chi connectivity index (χ3v) is 6.92. The summed E-state index contributed by atoms with van der Waals surface area (Å²) in [5.74, 6) is 0. The minimum absolute atomic E-state index is 0.118. The summed E-state index contributed by atoms with van der Waals surface area (Å²) in [5, 5.41) is 5.33. The van der Waals surface area contributed by atoms with Crippen molar-refractivity contribution in [3.63, 3.8) is 0 Å². The van der Waals surface area contributed by atoms with Crippen LogP contribution in [0.1, 0.15) is 26.3 Å². The number of benzene rings is 2. The molecule has 0 N–H and O–H groups in total. The van der Waals surface area contributed by atoms with E-state index in [1.165, 1.54) is 47.8 Å². The van der Waals surface area contributed by atoms with Gasteiger partial charge in [0, 0.05) is 27.7 Å². The zero-order chi connectivity index (χ0) is 19.0. The van der Waals surface area contributed by atoms with Gasteiger partial charge >= 0.3 is 0 Å². The van der Waals surface area contributed by atoms with Crippen molar-refractivity contribution in [2.24, 2.45) is 0 Å². The molecule has 28 heavy (non-hydrogen) atoms. The van der Waals surface area contributed by atoms with E-state index < -0.39 is 0 Å². The van der Waals surface area contributed by atoms with Gasteiger partial charge in [-0.05, 0) is 35.2 Å². The predicted molar refractivity (Wildman–Crippen MR) is 121 cm³/mol. The van der Waals surface area contributed by atoms with Crippen molar-refractivity contribution in [2.45, 2.75) is 26.2 Å². The normalized spacial score (nSPS) is 12.8. The van der Waals surface area contributed by atoms with Crippen LogP contribution in [-0.2, 0) is 5.41 Å². The first-order valence-corrected chi connectivity index (χ1v) is 10.5. The van der Waals surface area contributed by atoms with Crippen LogP contribution in [-0.4, -0.2) is 9.38 Å². The maximum atomic E-state index is 4.69. The number of pyridine rings is 1. The summed E-state index contributed by atoms with van der Waals surface area (Å²) in [5.41, 5.74) is 5.13. The van der Waals surface area contributed by atoms with E-state index in [9.17, 15) is 0 Å². The van der Waals surface area contributed by atoms with E-state index in [1.54, 1.807) is 0 Å². The molecular formula is C25H20N2S. The van der Waals surface area contributed by atoms with Crippen molar-refractivity contribution in [1.29, 1.82) is 0 Å². The molecule has 0 aliphatic heterocycles. The second kappa shape index (κ2) is 5.33. The molecule has 0 saturated heterocycles. The first-order valence-electron chi connectivity index (χ1n) is 9.66. The minimum Gasteiger partial charge on any atom is -0.299 e. The van der Waals surface area contributed by atoms with Crippen LogP contribution in [0.2, 0.25) is 0 Å². The topological polar surface area (TPSA) is 17.3 Å². The lowest BCUT2D eigenvalue weighted by atomic mass is 9.87. The van der Waals surface area contributed by atoms with E-state index in [4.69, 9.17) is 4.98 Å². The Labute approximate surface area is 167 Å². The zero-order valence-corrected chi connectivity index (χ0v) is 17.0. The molecular weight excluding hydrogens is 360 g/mol. The van der Waals surface area contributed by atoms with Gasteiger partial charge in [-0.15, -0.1) is 11.3 Å². The van der Waals surface area contributed by atoms with Crippen LogP contribution < -0.4 is 0 Å². The summed E-state index contributed by atoms with van der Waals surface area (Å²) >= 11 is 1.84. The molecule has 0 aliphatic carbocycles. The maximum Gasteiger partial charge on any atom is 0.109 e. The summed E-state index contributed by atoms with van der Waals surface area (Å²) in [4.78, 5) is 7.24. The fourth-order valence-corrected chi connectivity index (χ4v) is 5.51. The van der Waals surface area contributed by atoms with Gasteiger partial charge in [0.15, 0.2) is 0 Å². The van der Waals surface area contributed by atoms with Gasteiger partial charge in [0.1, 0.15) is 4.83 Å². The van der Waals surface area contributed by atoms with Gasteiger partial charge in [-0.3, -0.25) is 9.38 Å². The standard InChI is InChI=1S/C25H20N2S/c1-25(2,3)15-11-12-26-20(13-15)22-14-19-18-9-6-8-17-16-7-4-5-10-21(16)27(23(17)18)24(19)28-22/h4-14H,1-3H3. The molecule has 0 amide bonds. The molecule has 6 rings (SSSR count). The number of rotatable bonds is 1. The van der Waals surface area contributed by atoms with Crippen molar-refractivity contribution in [2.75, 3.05) is 0 Å². The third kappa shape index (κ3) is 2.05. The number of para-hydroxylation sites is 2. The number of hydrogen-bond donors (Lipinski definition) is 0. The monoisotopic (exact) mass is 380 g/mol. The van der Waals surface area contributed by atoms with E-state index in [1.807, 2.05) is 17.5 Å². The van der Waals surface area contributed by atoms with Crippen molar-refractivity contribution in [3.8, 4) is 10.6 Å². The highest BCUT2D eigenvalue weighted by molar-refractivity contribution is 7.22. The zero-order valence-electron chi connectivity index (χ0n) is 16.2. The minimum atomic E-state index is 0.118. The fourth-order valence-electron chi connectivity index (χ4n) is 4.35. The van der Waals surface area contributed by atoms with Crippen LogP contribution in [0.3, 0.4) is 0 Å². The highest BCUT2D eigenvalue weighted by Gasteiger charge is 2.20. The third-order valence-electron chi connectivity index (χ3n) is 5.78. The average molecular weight is 381 g/mol. The van der Waals surface area contributed by atoms with Gasteiger partial charge in [-0.1, -0.05) is 57.2 Å². The SMILES string of the molecule is CC(C)(C)c1ccnc(-c2cc3c4cccc5c6ccccc6n(c3s2)c54)c1. The summed E-state index contributed by atoms with van der Waals surface area (Å²) in [6.45, 7) is 6.75. The van der Waals surface area contributed by atoms with Gasteiger partial charge in [0.05, 0.1) is 21.6 Å². The Hall–Kier alpha value is -2.91. The highest BCUT2D eigenvalue weighted by Crippen LogP contribution is 2.44. The van der Waals surface area contributed by atoms with Gasteiger partial charge in [0.25, 0.3) is 0 Å². The Morgan fingerprint density at radius 3 is 2.39 bits per heavy atom. The number of hydrogen-bond acceptors (Lipinski definition) is 2. The highest BCUT2D eigenvalue weighted by atomic mass is 32.1. The van der Waals surface area contributed by atoms with Crippen LogP contribution in [0.5, 0.6) is 0 Å². The first-order chi connectivity index (χ1) is 13.5. The fraction of sp³-hybridized carbons (Fsp3) is 0.160. The Balaban J connectivity index is 1.69. The van der Waals surface area contributed by atoms with Crippen molar-refractivity contribution >= 4 is 48.7 Å². The molecule has 4 aromatic heterocycles. The summed E-state index contributed by atoms with van der Waals surface area (Å²) in [6, 6.07) is 22.1. The van der Waals surface area contributed by atoms with Crippen LogP contribution in [0.15, 0.2) is 66.9 Å². The number of thiophene rings is 1. The van der Waals surface area contributed by atoms with Crippen molar-refractivity contribution in [3.05, 3.63) is 72.4 Å². The molecule has 0 saturated carbocycles. The largest absolute Gasteiger partial charge is 0.299 e. The quantitative estimate of drug-likeness (QED) is 0.293. The molecule has 3 heteroatoms. The average Bonchev–Trinajstić information content (AvgIpc) is 3.34. The van der Waals surface area contributed by atoms with Gasteiger partial charge in [0.2, 0.25) is 0 Å². The van der Waals surface area contributed by atoms with E-state index >= 15 is 0 Å². The molecule has 0 spiro atoms. The Morgan fingerprint density at radius 2 is 1.57 bits per heavy atom. The summed E-state index contributed by atoms with van der Waals surface area (Å²) in [7, 11) is 0. The van der Waals surface area contributed by atoms with Crippen LogP contribution in [0.25, 0.3) is 48.0 Å². The van der Waals surface area contributed by atoms with Gasteiger partial charge < -0.3 is 0 Å². The molecule has 0 unspecified atom stereocenters. The molecule has 136 valence electrons. The Kier molecular flexibility index (Phi) is 3.06. The molecule has 2 aromatic carbocycles. The molecule has 2 nitrogen and oxygen atoms in total. The van der Waals surface area contributed by atoms with Gasteiger partial charge in [-0.2, -0.15) is 0 Å². The maximum absolute atomic E-state index is 4.69. The Bertz CT molecular complexity index is 1490. The van der Waals surface area contributed by atoms with Crippen LogP contribution >= 0.6 is 11.3 Å². The summed E-state index contributed by atoms with van der Waals surface area (Å²) in [6.07, 6.45) is 1.94. The van der Waals surface area contributed by atoms with E-state index in [0.29, 0.717) is 0 Å². The molecule has 4 heterocycles. The van der Waals surface area contributed by atoms with Crippen molar-refractivity contribution in [1.82, 2.24) is 9.38 Å². The molecule has 0 bridgehead atoms. The van der Waals surface area contributed by atoms with E-state index in [-0.39, 0.29) is 5.41 Å². The smallest absolute Gasteiger partial charge is 0.109 e. The molecule has 0 aliphatic rings. The van der Waals surface area contributed by atoms with E-state index in [0.717, 1.165) is 5.69 Å². The Morgan fingerprint density at radius 1 is 0.821 bits per heavy atom. The second-order valence-electron chi connectivity index (χ2n) is 8.56. The van der Waals surface area contributed by atoms with Crippen LogP contribution in [0.4, 0.5) is 0 Å². The second-order valence-corrected chi connectivity index (χ2v) is 9.59. The molecule has 6 aromatic rings. The number of fused-ring (bicyclic) bond motifs is 6. The van der Waals surface area contributed by atoms with Gasteiger partial charge in [-0.25, -0.2) is 0 Å². The first kappa shape index (κ1) is 16.1. The molecule has 0 atom stereocenters. The lowest BCUT2D eigenvalue weighted by Gasteiger charge is -2.19. The predicted octanol–water partition coefficient (Wildman–Crippen LogP) is 7.26. The van der Waals surface area contributed by atoms with Crippen molar-refractivity contribution < 1.29 is 0 Å². The summed E-state index contributed by atoms with van der Waals surface area (Å²) < 4.78 is 2.44. The molecule has 0 fully saturated rings. The number of nitrogens with zero attached hydrogens (tertiary/aromatic N) is 2. The molecule has 0 radical (unpaired) electrons. The lowest BCUT2D eigenvalue weighted by molar-refractivity contribution is 0.589. The number of aromatic nitrogens is 2.